The largest absolute Gasteiger partial charge is 0.511 e. The highest BCUT2D eigenvalue weighted by Crippen LogP contribution is 2.41. The third kappa shape index (κ3) is 3.61. The Hall–Kier alpha value is -2.72. The molecule has 30 heavy (non-hydrogen) atoms. The third-order valence-corrected chi connectivity index (χ3v) is 5.64. The molecule has 1 aromatic carbocycles. The van der Waals surface area contributed by atoms with Crippen molar-refractivity contribution in [3.05, 3.63) is 34.1 Å². The number of nitrogens with zero attached hydrogens (tertiary/aromatic N) is 2. The minimum Gasteiger partial charge on any atom is -0.449 e. The summed E-state index contributed by atoms with van der Waals surface area (Å²) >= 11 is 0. The van der Waals surface area contributed by atoms with Crippen LogP contribution in [0.5, 0.6) is 5.75 Å². The highest BCUT2D eigenvalue weighted by atomic mass is 19.1. The molecule has 1 unspecified atom stereocenters. The Kier molecular flexibility index (Phi) is 5.15. The molecule has 0 radical (unpaired) electrons. The number of carboxylic acid groups (broad SMARTS) is 1. The monoisotopic (exact) mass is 423 g/mol. The van der Waals surface area contributed by atoms with Crippen molar-refractivity contribution in [2.75, 3.05) is 31.1 Å². The number of ether oxygens (including phenoxy) is 1. The summed E-state index contributed by atoms with van der Waals surface area (Å²) < 4.78 is 36.6. The van der Waals surface area contributed by atoms with Gasteiger partial charge in [-0.2, -0.15) is 0 Å². The fourth-order valence-corrected chi connectivity index (χ4v) is 4.05. The van der Waals surface area contributed by atoms with Gasteiger partial charge in [-0.15, -0.1) is 0 Å². The topological polar surface area (TPSA) is 104 Å². The molecule has 8 nitrogen and oxygen atoms in total. The molecule has 2 aromatic rings. The van der Waals surface area contributed by atoms with Crippen molar-refractivity contribution in [3.8, 4) is 5.75 Å². The van der Waals surface area contributed by atoms with Crippen molar-refractivity contribution < 1.29 is 28.5 Å². The fraction of sp³-hybridized carbons (Fsp3) is 0.500. The maximum absolute atomic E-state index is 15.6. The molecule has 0 spiro atoms. The SMILES string of the molecule is CCNCC1(O)CCN(c2c(F)cc3c(=O)c(OC(=O)O)cn(C4CC4)c3c2F)C1. The number of nitrogens with one attached hydrogen (secondary N) is 1. The maximum Gasteiger partial charge on any atom is 0.511 e. The Morgan fingerprint density at radius 2 is 2.13 bits per heavy atom. The van der Waals surface area contributed by atoms with E-state index >= 15 is 4.39 Å². The van der Waals surface area contributed by atoms with E-state index in [4.69, 9.17) is 5.11 Å². The molecule has 1 saturated heterocycles. The quantitative estimate of drug-likeness (QED) is 0.612. The molecule has 4 rings (SSSR count). The second kappa shape index (κ2) is 7.51. The number of aliphatic hydroxyl groups is 1. The Morgan fingerprint density at radius 1 is 1.40 bits per heavy atom. The molecule has 0 bridgehead atoms. The zero-order chi connectivity index (χ0) is 21.6. The molecule has 3 N–H and O–H groups in total. The Morgan fingerprint density at radius 3 is 2.77 bits per heavy atom. The van der Waals surface area contributed by atoms with E-state index in [2.05, 4.69) is 10.1 Å². The van der Waals surface area contributed by atoms with Gasteiger partial charge in [-0.3, -0.25) is 4.79 Å². The lowest BCUT2D eigenvalue weighted by molar-refractivity contribution is 0.0635. The molecule has 2 aliphatic rings. The lowest BCUT2D eigenvalue weighted by Gasteiger charge is -2.26. The number of carbonyl (C=O) groups is 1. The van der Waals surface area contributed by atoms with Gasteiger partial charge in [0.1, 0.15) is 11.5 Å². The minimum atomic E-state index is -1.68. The van der Waals surface area contributed by atoms with Gasteiger partial charge in [0, 0.05) is 25.7 Å². The average Bonchev–Trinajstić information content (AvgIpc) is 3.45. The molecule has 1 aliphatic carbocycles. The summed E-state index contributed by atoms with van der Waals surface area (Å²) in [6.45, 7) is 3.18. The van der Waals surface area contributed by atoms with Crippen molar-refractivity contribution in [2.24, 2.45) is 0 Å². The number of β-amino-alcohol motifs (C(OH)–C–C–N with tert-alkyl or cyclic N) is 1. The number of pyridine rings is 1. The van der Waals surface area contributed by atoms with Gasteiger partial charge in [0.15, 0.2) is 11.6 Å². The normalized spacial score (nSPS) is 21.4. The van der Waals surface area contributed by atoms with Crippen LogP contribution in [0.25, 0.3) is 10.9 Å². The van der Waals surface area contributed by atoms with Crippen LogP contribution in [0.1, 0.15) is 32.2 Å². The van der Waals surface area contributed by atoms with E-state index in [1.54, 1.807) is 0 Å². The van der Waals surface area contributed by atoms with Gasteiger partial charge in [0.2, 0.25) is 5.43 Å². The summed E-state index contributed by atoms with van der Waals surface area (Å²) in [5.41, 5.74) is -2.38. The van der Waals surface area contributed by atoms with E-state index in [-0.39, 0.29) is 35.7 Å². The summed E-state index contributed by atoms with van der Waals surface area (Å²) in [5.74, 6) is -2.34. The lowest BCUT2D eigenvalue weighted by atomic mass is 10.0. The first-order valence-electron chi connectivity index (χ1n) is 9.90. The van der Waals surface area contributed by atoms with Crippen LogP contribution in [0.2, 0.25) is 0 Å². The minimum absolute atomic E-state index is 0.0488. The molecule has 10 heteroatoms. The maximum atomic E-state index is 15.6. The number of aromatic nitrogens is 1. The molecule has 1 aromatic heterocycles. The molecular formula is C20H23F2N3O5. The average molecular weight is 423 g/mol. The zero-order valence-electron chi connectivity index (χ0n) is 16.5. The summed E-state index contributed by atoms with van der Waals surface area (Å²) in [6.07, 6.45) is 1.29. The number of hydrogen-bond acceptors (Lipinski definition) is 6. The van der Waals surface area contributed by atoms with Crippen molar-refractivity contribution in [3.63, 3.8) is 0 Å². The highest BCUT2D eigenvalue weighted by Gasteiger charge is 2.39. The lowest BCUT2D eigenvalue weighted by Crippen LogP contribution is -2.43. The number of fused-ring (bicyclic) bond motifs is 1. The van der Waals surface area contributed by atoms with E-state index in [1.807, 2.05) is 6.92 Å². The zero-order valence-corrected chi connectivity index (χ0v) is 16.5. The van der Waals surface area contributed by atoms with Gasteiger partial charge in [0.25, 0.3) is 0 Å². The van der Waals surface area contributed by atoms with Crippen LogP contribution in [-0.2, 0) is 0 Å². The van der Waals surface area contributed by atoms with Crippen LogP contribution in [0.15, 0.2) is 17.1 Å². The van der Waals surface area contributed by atoms with E-state index in [0.717, 1.165) is 18.9 Å². The smallest absolute Gasteiger partial charge is 0.449 e. The number of likely N-dealkylation sites (N-methyl/N-ethyl adjacent to an activating group) is 1. The van der Waals surface area contributed by atoms with Gasteiger partial charge in [-0.25, -0.2) is 13.6 Å². The second-order valence-corrected chi connectivity index (χ2v) is 7.92. The van der Waals surface area contributed by atoms with Crippen molar-refractivity contribution in [1.82, 2.24) is 9.88 Å². The van der Waals surface area contributed by atoms with Gasteiger partial charge in [-0.05, 0) is 31.9 Å². The van der Waals surface area contributed by atoms with Gasteiger partial charge < -0.3 is 29.7 Å². The molecule has 1 saturated carbocycles. The van der Waals surface area contributed by atoms with Gasteiger partial charge in [0.05, 0.1) is 22.7 Å². The fourth-order valence-electron chi connectivity index (χ4n) is 4.05. The first-order chi connectivity index (χ1) is 14.2. The summed E-state index contributed by atoms with van der Waals surface area (Å²) in [6, 6.07) is 0.798. The number of anilines is 1. The van der Waals surface area contributed by atoms with Crippen LogP contribution >= 0.6 is 0 Å². The number of rotatable bonds is 6. The van der Waals surface area contributed by atoms with Crippen molar-refractivity contribution in [2.45, 2.75) is 37.8 Å². The van der Waals surface area contributed by atoms with E-state index in [9.17, 15) is 19.1 Å². The highest BCUT2D eigenvalue weighted by molar-refractivity contribution is 5.86. The second-order valence-electron chi connectivity index (χ2n) is 7.92. The van der Waals surface area contributed by atoms with Crippen molar-refractivity contribution in [1.29, 1.82) is 0 Å². The van der Waals surface area contributed by atoms with Gasteiger partial charge >= 0.3 is 6.16 Å². The first-order valence-corrected chi connectivity index (χ1v) is 9.90. The molecule has 162 valence electrons. The standard InChI is InChI=1S/C20H23F2N3O5/c1-2-23-9-20(29)5-6-24(10-20)17-13(21)7-12-16(15(17)22)25(11-3-4-11)8-14(18(12)26)30-19(27)28/h7-8,11,23,29H,2-6,9-10H2,1H3,(H,27,28). The molecule has 2 fully saturated rings. The molecule has 1 atom stereocenters. The molecule has 0 amide bonds. The number of hydrogen-bond donors (Lipinski definition) is 3. The van der Waals surface area contributed by atoms with Crippen molar-refractivity contribution >= 4 is 22.7 Å². The predicted octanol–water partition coefficient (Wildman–Crippen LogP) is 2.22. The number of halogens is 2. The molecular weight excluding hydrogens is 400 g/mol. The van der Waals surface area contributed by atoms with E-state index in [1.165, 1.54) is 15.7 Å². The van der Waals surface area contributed by atoms with Crippen LogP contribution < -0.4 is 20.4 Å². The van der Waals surface area contributed by atoms with Gasteiger partial charge in [-0.1, -0.05) is 6.92 Å². The predicted molar refractivity (Wildman–Crippen MR) is 105 cm³/mol. The summed E-state index contributed by atoms with van der Waals surface area (Å²) in [7, 11) is 0. The Labute approximate surface area is 170 Å². The van der Waals surface area contributed by atoms with E-state index in [0.29, 0.717) is 19.5 Å². The van der Waals surface area contributed by atoms with E-state index < -0.39 is 34.6 Å². The molecule has 1 aliphatic heterocycles. The summed E-state index contributed by atoms with van der Waals surface area (Å²) in [5, 5.41) is 22.3. The Balaban J connectivity index is 1.83. The summed E-state index contributed by atoms with van der Waals surface area (Å²) in [4.78, 5) is 25.0. The van der Waals surface area contributed by atoms with Crippen LogP contribution in [-0.4, -0.2) is 52.7 Å². The van der Waals surface area contributed by atoms with Crippen LogP contribution in [0.4, 0.5) is 19.3 Å². The van der Waals surface area contributed by atoms with Crippen LogP contribution in [0.3, 0.4) is 0 Å². The Bertz CT molecular complexity index is 1070. The molecule has 2 heterocycles. The first kappa shape index (κ1) is 20.5. The number of benzene rings is 1. The third-order valence-electron chi connectivity index (χ3n) is 5.64. The van der Waals surface area contributed by atoms with Crippen LogP contribution in [0, 0.1) is 11.6 Å².